The molecule has 0 unspecified atom stereocenters. The number of nitrogens with zero attached hydrogens (tertiary/aromatic N) is 3. The van der Waals surface area contributed by atoms with Gasteiger partial charge in [0.25, 0.3) is 0 Å². The van der Waals surface area contributed by atoms with Crippen LogP contribution in [0.1, 0.15) is 18.4 Å². The summed E-state index contributed by atoms with van der Waals surface area (Å²) in [4.78, 5) is 23.9. The first-order valence-corrected chi connectivity index (χ1v) is 9.84. The topological polar surface area (TPSA) is 58.1 Å². The van der Waals surface area contributed by atoms with Gasteiger partial charge in [-0.3, -0.25) is 4.79 Å². The van der Waals surface area contributed by atoms with Gasteiger partial charge < -0.3 is 10.2 Å². The highest BCUT2D eigenvalue weighted by Crippen LogP contribution is 2.24. The molecule has 1 aliphatic heterocycles. The maximum atomic E-state index is 13.0. The van der Waals surface area contributed by atoms with Crippen molar-refractivity contribution < 1.29 is 9.18 Å². The van der Waals surface area contributed by atoms with Gasteiger partial charge in [-0.2, -0.15) is 0 Å². The van der Waals surface area contributed by atoms with Crippen LogP contribution in [0.5, 0.6) is 0 Å². The van der Waals surface area contributed by atoms with Crippen molar-refractivity contribution in [1.82, 2.24) is 15.3 Å². The smallest absolute Gasteiger partial charge is 0.225 e. The molecule has 0 bridgehead atoms. The molecule has 2 aromatic carbocycles. The van der Waals surface area contributed by atoms with Gasteiger partial charge in [0.15, 0.2) is 5.82 Å². The molecule has 5 nitrogen and oxygen atoms in total. The molecule has 148 valence electrons. The van der Waals surface area contributed by atoms with Crippen LogP contribution in [-0.2, 0) is 11.3 Å². The van der Waals surface area contributed by atoms with E-state index in [0.29, 0.717) is 18.9 Å². The summed E-state index contributed by atoms with van der Waals surface area (Å²) < 4.78 is 13.0. The third kappa shape index (κ3) is 4.77. The minimum absolute atomic E-state index is 0.0244. The minimum Gasteiger partial charge on any atom is -0.356 e. The van der Waals surface area contributed by atoms with Gasteiger partial charge in [-0.05, 0) is 36.6 Å². The molecular weight excluding hydrogens is 367 g/mol. The Kier molecular flexibility index (Phi) is 5.79. The van der Waals surface area contributed by atoms with Crippen LogP contribution in [0.3, 0.4) is 0 Å². The number of amides is 1. The first-order valence-electron chi connectivity index (χ1n) is 9.84. The first-order chi connectivity index (χ1) is 14.2. The average molecular weight is 390 g/mol. The lowest BCUT2D eigenvalue weighted by Crippen LogP contribution is -2.43. The fourth-order valence-corrected chi connectivity index (χ4v) is 3.59. The van der Waals surface area contributed by atoms with E-state index in [0.717, 1.165) is 36.3 Å². The maximum absolute atomic E-state index is 13.0. The summed E-state index contributed by atoms with van der Waals surface area (Å²) in [5.41, 5.74) is 1.86. The molecule has 4 rings (SSSR count). The van der Waals surface area contributed by atoms with Crippen LogP contribution in [0.15, 0.2) is 66.9 Å². The number of halogens is 1. The van der Waals surface area contributed by atoms with Gasteiger partial charge in [-0.15, -0.1) is 0 Å². The van der Waals surface area contributed by atoms with Crippen LogP contribution in [0.4, 0.5) is 10.2 Å². The van der Waals surface area contributed by atoms with E-state index in [9.17, 15) is 9.18 Å². The Balaban J connectivity index is 1.40. The second-order valence-corrected chi connectivity index (χ2v) is 7.23. The van der Waals surface area contributed by atoms with Crippen LogP contribution in [0.2, 0.25) is 0 Å². The van der Waals surface area contributed by atoms with E-state index >= 15 is 0 Å². The lowest BCUT2D eigenvalue weighted by Gasteiger charge is -2.33. The summed E-state index contributed by atoms with van der Waals surface area (Å²) in [5.74, 6) is 1.18. The van der Waals surface area contributed by atoms with Crippen LogP contribution < -0.4 is 10.2 Å². The van der Waals surface area contributed by atoms with Crippen LogP contribution in [0.25, 0.3) is 11.4 Å². The minimum atomic E-state index is -0.275. The summed E-state index contributed by atoms with van der Waals surface area (Å²) >= 11 is 0. The van der Waals surface area contributed by atoms with Gasteiger partial charge in [-0.25, -0.2) is 14.4 Å². The molecule has 0 radical (unpaired) electrons. The third-order valence-corrected chi connectivity index (χ3v) is 5.17. The zero-order chi connectivity index (χ0) is 20.1. The molecule has 0 aliphatic carbocycles. The number of rotatable bonds is 5. The summed E-state index contributed by atoms with van der Waals surface area (Å²) in [7, 11) is 0. The highest BCUT2D eigenvalue weighted by Gasteiger charge is 2.26. The molecule has 29 heavy (non-hydrogen) atoms. The maximum Gasteiger partial charge on any atom is 0.225 e. The Bertz CT molecular complexity index is 962. The Morgan fingerprint density at radius 1 is 1.10 bits per heavy atom. The van der Waals surface area contributed by atoms with E-state index < -0.39 is 0 Å². The summed E-state index contributed by atoms with van der Waals surface area (Å²) in [6.07, 6.45) is 3.55. The largest absolute Gasteiger partial charge is 0.356 e. The fourth-order valence-electron chi connectivity index (χ4n) is 3.59. The van der Waals surface area contributed by atoms with Crippen molar-refractivity contribution >= 4 is 11.7 Å². The second-order valence-electron chi connectivity index (χ2n) is 7.23. The molecule has 1 aromatic heterocycles. The van der Waals surface area contributed by atoms with Crippen molar-refractivity contribution in [2.24, 2.45) is 5.92 Å². The van der Waals surface area contributed by atoms with E-state index in [-0.39, 0.29) is 17.6 Å². The van der Waals surface area contributed by atoms with Crippen molar-refractivity contribution in [3.05, 3.63) is 78.2 Å². The number of carbonyl (C=O) groups is 1. The molecule has 1 atom stereocenters. The lowest BCUT2D eigenvalue weighted by molar-refractivity contribution is -0.125. The van der Waals surface area contributed by atoms with E-state index in [4.69, 9.17) is 4.98 Å². The van der Waals surface area contributed by atoms with Gasteiger partial charge in [0.1, 0.15) is 11.6 Å². The van der Waals surface area contributed by atoms with E-state index in [1.807, 2.05) is 36.4 Å². The SMILES string of the molecule is O=C(NCc1ccc(F)cc1)[C@@H]1CCCN(c2ccnc(-c3ccccc3)n2)C1. The monoisotopic (exact) mass is 390 g/mol. The van der Waals surface area contributed by atoms with E-state index in [1.54, 1.807) is 18.3 Å². The highest BCUT2D eigenvalue weighted by atomic mass is 19.1. The third-order valence-electron chi connectivity index (χ3n) is 5.17. The predicted molar refractivity (Wildman–Crippen MR) is 111 cm³/mol. The van der Waals surface area contributed by atoms with Gasteiger partial charge in [0, 0.05) is 31.4 Å². The van der Waals surface area contributed by atoms with Crippen molar-refractivity contribution in [3.63, 3.8) is 0 Å². The Morgan fingerprint density at radius 2 is 1.90 bits per heavy atom. The highest BCUT2D eigenvalue weighted by molar-refractivity contribution is 5.79. The number of nitrogens with one attached hydrogen (secondary N) is 1. The number of anilines is 1. The van der Waals surface area contributed by atoms with Crippen LogP contribution in [0, 0.1) is 11.7 Å². The molecule has 3 aromatic rings. The van der Waals surface area contributed by atoms with Gasteiger partial charge >= 0.3 is 0 Å². The molecule has 1 aliphatic rings. The fraction of sp³-hybridized carbons (Fsp3) is 0.261. The quantitative estimate of drug-likeness (QED) is 0.720. The molecule has 6 heteroatoms. The van der Waals surface area contributed by atoms with Gasteiger partial charge in [-0.1, -0.05) is 42.5 Å². The molecule has 0 spiro atoms. The Labute approximate surface area is 169 Å². The molecule has 1 fully saturated rings. The van der Waals surface area contributed by atoms with Crippen LogP contribution >= 0.6 is 0 Å². The van der Waals surface area contributed by atoms with E-state index in [1.165, 1.54) is 12.1 Å². The molecule has 1 saturated heterocycles. The molecule has 1 N–H and O–H groups in total. The predicted octanol–water partition coefficient (Wildman–Crippen LogP) is 3.82. The number of piperidine rings is 1. The second kappa shape index (κ2) is 8.82. The van der Waals surface area contributed by atoms with E-state index in [2.05, 4.69) is 15.2 Å². The molecule has 1 amide bonds. The normalized spacial score (nSPS) is 16.4. The first kappa shape index (κ1) is 19.1. The summed E-state index contributed by atoms with van der Waals surface area (Å²) in [6.45, 7) is 1.90. The Morgan fingerprint density at radius 3 is 2.69 bits per heavy atom. The van der Waals surface area contributed by atoms with Crippen molar-refractivity contribution in [2.45, 2.75) is 19.4 Å². The number of aromatic nitrogens is 2. The molecule has 2 heterocycles. The zero-order valence-corrected chi connectivity index (χ0v) is 16.1. The van der Waals surface area contributed by atoms with Gasteiger partial charge in [0.05, 0.1) is 5.92 Å². The average Bonchev–Trinajstić information content (AvgIpc) is 2.79. The number of hydrogen-bond acceptors (Lipinski definition) is 4. The molecular formula is C23H23FN4O. The Hall–Kier alpha value is -3.28. The van der Waals surface area contributed by atoms with Crippen molar-refractivity contribution in [1.29, 1.82) is 0 Å². The zero-order valence-electron chi connectivity index (χ0n) is 16.1. The van der Waals surface area contributed by atoms with Crippen molar-refractivity contribution in [2.75, 3.05) is 18.0 Å². The standard InChI is InChI=1S/C23H23FN4O/c24-20-10-8-17(9-11-20)15-26-23(29)19-7-4-14-28(16-19)21-12-13-25-22(27-21)18-5-2-1-3-6-18/h1-3,5-6,8-13,19H,4,7,14-16H2,(H,26,29)/t19-/m1/s1. The van der Waals surface area contributed by atoms with Crippen LogP contribution in [-0.4, -0.2) is 29.0 Å². The van der Waals surface area contributed by atoms with Gasteiger partial charge in [0.2, 0.25) is 5.91 Å². The summed E-state index contributed by atoms with van der Waals surface area (Å²) in [6, 6.07) is 18.0. The number of carbonyl (C=O) groups excluding carboxylic acids is 1. The summed E-state index contributed by atoms with van der Waals surface area (Å²) in [5, 5.41) is 2.98. The van der Waals surface area contributed by atoms with Crippen molar-refractivity contribution in [3.8, 4) is 11.4 Å². The number of hydrogen-bond donors (Lipinski definition) is 1. The molecule has 0 saturated carbocycles. The number of benzene rings is 2. The lowest BCUT2D eigenvalue weighted by atomic mass is 9.97.